The van der Waals surface area contributed by atoms with Crippen LogP contribution in [0.25, 0.3) is 0 Å². The molecule has 2 atom stereocenters. The second kappa shape index (κ2) is 6.21. The van der Waals surface area contributed by atoms with E-state index in [1.165, 1.54) is 11.1 Å². The van der Waals surface area contributed by atoms with Crippen LogP contribution in [0.5, 0.6) is 0 Å². The molecule has 2 heteroatoms. The summed E-state index contributed by atoms with van der Waals surface area (Å²) in [5.41, 5.74) is 2.85. The van der Waals surface area contributed by atoms with Crippen LogP contribution < -0.4 is 5.32 Å². The zero-order chi connectivity index (χ0) is 13.8. The van der Waals surface area contributed by atoms with Crippen molar-refractivity contribution in [3.05, 3.63) is 71.8 Å². The molecule has 1 aliphatic heterocycles. The molecular formula is C18H22N2. The third-order valence-corrected chi connectivity index (χ3v) is 4.24. The van der Waals surface area contributed by atoms with Crippen LogP contribution in [0.3, 0.4) is 0 Å². The molecule has 0 amide bonds. The van der Waals surface area contributed by atoms with Crippen molar-refractivity contribution in [3.63, 3.8) is 0 Å². The summed E-state index contributed by atoms with van der Waals surface area (Å²) >= 11 is 0. The highest BCUT2D eigenvalue weighted by Gasteiger charge is 2.32. The molecule has 0 radical (unpaired) electrons. The first kappa shape index (κ1) is 13.3. The van der Waals surface area contributed by atoms with Gasteiger partial charge in [-0.15, -0.1) is 0 Å². The monoisotopic (exact) mass is 266 g/mol. The molecule has 2 aromatic rings. The van der Waals surface area contributed by atoms with E-state index in [4.69, 9.17) is 0 Å². The number of hydrogen-bond donors (Lipinski definition) is 1. The van der Waals surface area contributed by atoms with Crippen LogP contribution in [-0.2, 0) is 6.54 Å². The molecule has 0 saturated carbocycles. The van der Waals surface area contributed by atoms with Gasteiger partial charge in [-0.05, 0) is 18.2 Å². The maximum atomic E-state index is 3.49. The lowest BCUT2D eigenvalue weighted by Gasteiger charge is -2.17. The predicted molar refractivity (Wildman–Crippen MR) is 83.7 cm³/mol. The van der Waals surface area contributed by atoms with E-state index in [-0.39, 0.29) is 0 Å². The fourth-order valence-electron chi connectivity index (χ4n) is 3.19. The van der Waals surface area contributed by atoms with Crippen LogP contribution in [0.15, 0.2) is 60.7 Å². The molecule has 1 fully saturated rings. The molecule has 104 valence electrons. The van der Waals surface area contributed by atoms with Gasteiger partial charge in [-0.3, -0.25) is 4.90 Å². The van der Waals surface area contributed by atoms with Crippen LogP contribution in [0.4, 0.5) is 0 Å². The molecule has 0 aromatic heterocycles. The van der Waals surface area contributed by atoms with Crippen molar-refractivity contribution in [2.24, 2.45) is 0 Å². The van der Waals surface area contributed by atoms with E-state index in [0.29, 0.717) is 12.0 Å². The van der Waals surface area contributed by atoms with Gasteiger partial charge in [-0.25, -0.2) is 0 Å². The third kappa shape index (κ3) is 2.92. The smallest absolute Gasteiger partial charge is 0.0273 e. The number of likely N-dealkylation sites (tertiary alicyclic amines) is 1. The van der Waals surface area contributed by atoms with Crippen molar-refractivity contribution in [2.75, 3.05) is 20.1 Å². The zero-order valence-electron chi connectivity index (χ0n) is 12.0. The Morgan fingerprint density at radius 3 is 2.25 bits per heavy atom. The molecule has 1 N–H and O–H groups in total. The van der Waals surface area contributed by atoms with Crippen molar-refractivity contribution in [1.29, 1.82) is 0 Å². The molecule has 1 heterocycles. The average Bonchev–Trinajstić information content (AvgIpc) is 2.92. The predicted octanol–water partition coefficient (Wildman–Crippen LogP) is 2.87. The molecule has 0 bridgehead atoms. The molecule has 0 aliphatic carbocycles. The minimum Gasteiger partial charge on any atom is -0.315 e. The molecule has 0 spiro atoms. The number of nitrogens with zero attached hydrogens (tertiary/aromatic N) is 1. The number of nitrogens with one attached hydrogen (secondary N) is 1. The summed E-state index contributed by atoms with van der Waals surface area (Å²) in [6, 6.07) is 22.2. The first-order valence-electron chi connectivity index (χ1n) is 7.35. The Labute approximate surface area is 121 Å². The van der Waals surface area contributed by atoms with Gasteiger partial charge in [-0.2, -0.15) is 0 Å². The van der Waals surface area contributed by atoms with Gasteiger partial charge < -0.3 is 5.32 Å². The van der Waals surface area contributed by atoms with Gasteiger partial charge in [-0.1, -0.05) is 60.7 Å². The van der Waals surface area contributed by atoms with Crippen LogP contribution in [0, 0.1) is 0 Å². The maximum absolute atomic E-state index is 3.49. The second-order valence-corrected chi connectivity index (χ2v) is 5.59. The molecule has 3 rings (SSSR count). The number of benzene rings is 2. The Bertz CT molecular complexity index is 524. The van der Waals surface area contributed by atoms with Crippen LogP contribution >= 0.6 is 0 Å². The molecule has 1 aliphatic rings. The maximum Gasteiger partial charge on any atom is 0.0273 e. The topological polar surface area (TPSA) is 15.3 Å². The fourth-order valence-corrected chi connectivity index (χ4v) is 3.19. The largest absolute Gasteiger partial charge is 0.315 e. The lowest BCUT2D eigenvalue weighted by atomic mass is 9.94. The minimum atomic E-state index is 0.543. The normalized spacial score (nSPS) is 23.1. The summed E-state index contributed by atoms with van der Waals surface area (Å²) in [5.74, 6) is 0.588. The summed E-state index contributed by atoms with van der Waals surface area (Å²) in [4.78, 5) is 2.55. The van der Waals surface area contributed by atoms with Gasteiger partial charge in [0.05, 0.1) is 0 Å². The Morgan fingerprint density at radius 1 is 0.950 bits per heavy atom. The van der Waals surface area contributed by atoms with Gasteiger partial charge in [0, 0.05) is 31.6 Å². The van der Waals surface area contributed by atoms with E-state index < -0.39 is 0 Å². The van der Waals surface area contributed by atoms with E-state index in [1.54, 1.807) is 0 Å². The Morgan fingerprint density at radius 2 is 1.60 bits per heavy atom. The van der Waals surface area contributed by atoms with Crippen LogP contribution in [-0.4, -0.2) is 31.1 Å². The number of rotatable bonds is 4. The van der Waals surface area contributed by atoms with E-state index in [2.05, 4.69) is 77.9 Å². The summed E-state index contributed by atoms with van der Waals surface area (Å²) in [6.45, 7) is 3.29. The lowest BCUT2D eigenvalue weighted by Crippen LogP contribution is -2.32. The molecule has 20 heavy (non-hydrogen) atoms. The van der Waals surface area contributed by atoms with Gasteiger partial charge in [0.25, 0.3) is 0 Å². The van der Waals surface area contributed by atoms with E-state index in [1.807, 2.05) is 0 Å². The highest BCUT2D eigenvalue weighted by Crippen LogP contribution is 2.28. The molecule has 1 saturated heterocycles. The van der Waals surface area contributed by atoms with Crippen molar-refractivity contribution < 1.29 is 0 Å². The van der Waals surface area contributed by atoms with Crippen LogP contribution in [0.1, 0.15) is 17.0 Å². The Balaban J connectivity index is 1.71. The fraction of sp³-hybridized carbons (Fsp3) is 0.333. The van der Waals surface area contributed by atoms with Crippen molar-refractivity contribution in [2.45, 2.75) is 18.5 Å². The second-order valence-electron chi connectivity index (χ2n) is 5.59. The number of hydrogen-bond acceptors (Lipinski definition) is 2. The van der Waals surface area contributed by atoms with Crippen molar-refractivity contribution in [1.82, 2.24) is 10.2 Å². The highest BCUT2D eigenvalue weighted by molar-refractivity contribution is 5.24. The number of likely N-dealkylation sites (N-methyl/N-ethyl adjacent to an activating group) is 1. The summed E-state index contributed by atoms with van der Waals surface area (Å²) in [7, 11) is 2.08. The molecule has 0 unspecified atom stereocenters. The SMILES string of the molecule is CN[C@@H]1CN(Cc2ccccc2)C[C@@H]1c1ccccc1. The molecule has 2 nitrogen and oxygen atoms in total. The first-order valence-corrected chi connectivity index (χ1v) is 7.35. The highest BCUT2D eigenvalue weighted by atomic mass is 15.2. The summed E-state index contributed by atoms with van der Waals surface area (Å²) < 4.78 is 0. The lowest BCUT2D eigenvalue weighted by molar-refractivity contribution is 0.320. The Hall–Kier alpha value is -1.64. The average molecular weight is 266 g/mol. The van der Waals surface area contributed by atoms with E-state index >= 15 is 0 Å². The standard InChI is InChI=1S/C18H22N2/c1-19-18-14-20(12-15-8-4-2-5-9-15)13-17(18)16-10-6-3-7-11-16/h2-11,17-19H,12-14H2,1H3/t17-,18-/m1/s1. The van der Waals surface area contributed by atoms with Crippen molar-refractivity contribution in [3.8, 4) is 0 Å². The van der Waals surface area contributed by atoms with Gasteiger partial charge in [0.1, 0.15) is 0 Å². The quantitative estimate of drug-likeness (QED) is 0.915. The zero-order valence-corrected chi connectivity index (χ0v) is 12.0. The first-order chi connectivity index (χ1) is 9.86. The molecule has 2 aromatic carbocycles. The Kier molecular flexibility index (Phi) is 4.14. The minimum absolute atomic E-state index is 0.543. The summed E-state index contributed by atoms with van der Waals surface area (Å²) in [6.07, 6.45) is 0. The van der Waals surface area contributed by atoms with E-state index in [9.17, 15) is 0 Å². The third-order valence-electron chi connectivity index (χ3n) is 4.24. The van der Waals surface area contributed by atoms with Gasteiger partial charge in [0.15, 0.2) is 0 Å². The van der Waals surface area contributed by atoms with E-state index in [0.717, 1.165) is 19.6 Å². The molecular weight excluding hydrogens is 244 g/mol. The van der Waals surface area contributed by atoms with Crippen molar-refractivity contribution >= 4 is 0 Å². The summed E-state index contributed by atoms with van der Waals surface area (Å²) in [5, 5.41) is 3.49. The van der Waals surface area contributed by atoms with Gasteiger partial charge >= 0.3 is 0 Å². The van der Waals surface area contributed by atoms with Gasteiger partial charge in [0.2, 0.25) is 0 Å². The van der Waals surface area contributed by atoms with Crippen LogP contribution in [0.2, 0.25) is 0 Å².